The van der Waals surface area contributed by atoms with Gasteiger partial charge in [0.25, 0.3) is 0 Å². The van der Waals surface area contributed by atoms with Crippen LogP contribution in [0.4, 0.5) is 4.39 Å². The van der Waals surface area contributed by atoms with Crippen molar-refractivity contribution in [3.05, 3.63) is 69.1 Å². The van der Waals surface area contributed by atoms with E-state index in [1.54, 1.807) is 12.1 Å². The van der Waals surface area contributed by atoms with Crippen LogP contribution < -0.4 is 0 Å². The van der Waals surface area contributed by atoms with Crippen molar-refractivity contribution in [1.82, 2.24) is 9.47 Å². The number of hydrogen-bond donors (Lipinski definition) is 0. The molecule has 0 saturated heterocycles. The third kappa shape index (κ3) is 2.94. The Morgan fingerprint density at radius 1 is 1.12 bits per heavy atom. The lowest BCUT2D eigenvalue weighted by Crippen LogP contribution is -2.26. The van der Waals surface area contributed by atoms with E-state index < -0.39 is 0 Å². The first kappa shape index (κ1) is 17.6. The first-order valence-corrected chi connectivity index (χ1v) is 9.34. The van der Waals surface area contributed by atoms with Crippen LogP contribution in [0, 0.1) is 5.82 Å². The quantitative estimate of drug-likeness (QED) is 0.515. The Bertz CT molecular complexity index is 1020. The summed E-state index contributed by atoms with van der Waals surface area (Å²) in [6.45, 7) is 3.89. The number of halogens is 3. The number of hydrogen-bond acceptors (Lipinski definition) is 1. The molecule has 0 fully saturated rings. The molecule has 0 N–H and O–H groups in total. The van der Waals surface area contributed by atoms with Crippen LogP contribution in [0.1, 0.15) is 23.7 Å². The average molecular weight is 389 g/mol. The van der Waals surface area contributed by atoms with Crippen molar-refractivity contribution in [3.8, 4) is 0 Å². The first-order valence-electron chi connectivity index (χ1n) is 8.58. The SMILES string of the molecule is C/C(=C/n1c2c(c3c(Cl)c(Cl)ccc31)CN(C)CC2)c1ccc(F)cc1. The fourth-order valence-corrected chi connectivity index (χ4v) is 4.11. The van der Waals surface area contributed by atoms with Crippen molar-refractivity contribution in [2.24, 2.45) is 0 Å². The van der Waals surface area contributed by atoms with Crippen LogP contribution in [0.2, 0.25) is 10.0 Å². The zero-order chi connectivity index (χ0) is 18.4. The monoisotopic (exact) mass is 388 g/mol. The summed E-state index contributed by atoms with van der Waals surface area (Å²) in [5, 5.41) is 2.22. The molecule has 0 spiro atoms. The van der Waals surface area contributed by atoms with Gasteiger partial charge in [-0.25, -0.2) is 4.39 Å². The van der Waals surface area contributed by atoms with Crippen LogP contribution >= 0.6 is 23.2 Å². The summed E-state index contributed by atoms with van der Waals surface area (Å²) in [5.41, 5.74) is 5.62. The van der Waals surface area contributed by atoms with E-state index >= 15 is 0 Å². The highest BCUT2D eigenvalue weighted by Gasteiger charge is 2.24. The molecule has 3 aromatic rings. The highest BCUT2D eigenvalue weighted by atomic mass is 35.5. The van der Waals surface area contributed by atoms with Crippen molar-refractivity contribution in [1.29, 1.82) is 0 Å². The van der Waals surface area contributed by atoms with E-state index in [-0.39, 0.29) is 5.82 Å². The van der Waals surface area contributed by atoms with Gasteiger partial charge in [0.1, 0.15) is 5.82 Å². The van der Waals surface area contributed by atoms with Gasteiger partial charge < -0.3 is 9.47 Å². The van der Waals surface area contributed by atoms with E-state index in [1.165, 1.54) is 23.4 Å². The summed E-state index contributed by atoms with van der Waals surface area (Å²) in [6, 6.07) is 10.5. The van der Waals surface area contributed by atoms with Crippen LogP contribution in [0.3, 0.4) is 0 Å². The molecule has 1 aliphatic rings. The van der Waals surface area contributed by atoms with Gasteiger partial charge in [-0.3, -0.25) is 0 Å². The highest BCUT2D eigenvalue weighted by molar-refractivity contribution is 6.45. The lowest BCUT2D eigenvalue weighted by Gasteiger charge is -2.23. The lowest BCUT2D eigenvalue weighted by molar-refractivity contribution is 0.312. The third-order valence-corrected chi connectivity index (χ3v) is 5.86. The molecule has 0 bridgehead atoms. The summed E-state index contributed by atoms with van der Waals surface area (Å²) < 4.78 is 15.4. The Morgan fingerprint density at radius 2 is 1.85 bits per heavy atom. The molecule has 0 aliphatic carbocycles. The van der Waals surface area contributed by atoms with Gasteiger partial charge in [-0.1, -0.05) is 35.3 Å². The van der Waals surface area contributed by atoms with Gasteiger partial charge in [0.2, 0.25) is 0 Å². The largest absolute Gasteiger partial charge is 0.320 e. The zero-order valence-electron chi connectivity index (χ0n) is 14.7. The maximum Gasteiger partial charge on any atom is 0.123 e. The van der Waals surface area contributed by atoms with Gasteiger partial charge in [0.05, 0.1) is 15.6 Å². The Hall–Kier alpha value is -1.81. The van der Waals surface area contributed by atoms with Gasteiger partial charge in [0, 0.05) is 36.8 Å². The predicted molar refractivity (Wildman–Crippen MR) is 108 cm³/mol. The van der Waals surface area contributed by atoms with E-state index in [2.05, 4.69) is 22.7 Å². The van der Waals surface area contributed by atoms with E-state index in [9.17, 15) is 4.39 Å². The van der Waals surface area contributed by atoms with E-state index in [4.69, 9.17) is 23.2 Å². The second kappa shape index (κ2) is 6.73. The predicted octanol–water partition coefficient (Wildman–Crippen LogP) is 6.09. The fraction of sp³-hybridized carbons (Fsp3) is 0.238. The molecule has 2 nitrogen and oxygen atoms in total. The summed E-state index contributed by atoms with van der Waals surface area (Å²) >= 11 is 12.9. The van der Waals surface area contributed by atoms with Gasteiger partial charge >= 0.3 is 0 Å². The number of aromatic nitrogens is 1. The molecule has 2 aromatic carbocycles. The average Bonchev–Trinajstić information content (AvgIpc) is 2.92. The molecule has 1 aliphatic heterocycles. The summed E-state index contributed by atoms with van der Waals surface area (Å²) in [6.07, 6.45) is 3.06. The first-order chi connectivity index (χ1) is 12.5. The fourth-order valence-electron chi connectivity index (χ4n) is 3.68. The van der Waals surface area contributed by atoms with Gasteiger partial charge in [-0.2, -0.15) is 0 Å². The topological polar surface area (TPSA) is 8.17 Å². The number of likely N-dealkylation sites (N-methyl/N-ethyl adjacent to an activating group) is 1. The van der Waals surface area contributed by atoms with Gasteiger partial charge in [-0.15, -0.1) is 0 Å². The standard InChI is InChI=1S/C21H19Cl2FN2/c1-13(14-3-5-15(24)6-4-14)11-26-18-9-10-25(2)12-16(18)20-19(26)8-7-17(22)21(20)23/h3-8,11H,9-10,12H2,1-2H3/b13-11-. The van der Waals surface area contributed by atoms with Crippen molar-refractivity contribution < 1.29 is 4.39 Å². The molecular weight excluding hydrogens is 370 g/mol. The van der Waals surface area contributed by atoms with Crippen molar-refractivity contribution in [2.75, 3.05) is 13.6 Å². The van der Waals surface area contributed by atoms with Crippen molar-refractivity contribution in [2.45, 2.75) is 19.9 Å². The molecule has 134 valence electrons. The minimum absolute atomic E-state index is 0.227. The number of rotatable bonds is 2. The second-order valence-electron chi connectivity index (χ2n) is 6.86. The second-order valence-corrected chi connectivity index (χ2v) is 7.64. The molecule has 0 saturated carbocycles. The maximum atomic E-state index is 13.2. The van der Waals surface area contributed by atoms with Crippen LogP contribution in [-0.2, 0) is 13.0 Å². The van der Waals surface area contributed by atoms with Gasteiger partial charge in [0.15, 0.2) is 0 Å². The Balaban J connectivity index is 1.94. The molecule has 26 heavy (non-hydrogen) atoms. The molecule has 0 unspecified atom stereocenters. The number of benzene rings is 2. The van der Waals surface area contributed by atoms with Crippen molar-refractivity contribution in [3.63, 3.8) is 0 Å². The maximum absolute atomic E-state index is 13.2. The third-order valence-electron chi connectivity index (χ3n) is 5.05. The molecular formula is C21H19Cl2FN2. The molecule has 1 aromatic heterocycles. The van der Waals surface area contributed by atoms with Gasteiger partial charge in [-0.05, 0) is 54.9 Å². The molecule has 0 radical (unpaired) electrons. The van der Waals surface area contributed by atoms with Crippen molar-refractivity contribution >= 4 is 45.9 Å². The molecule has 0 amide bonds. The molecule has 2 heterocycles. The number of fused-ring (bicyclic) bond motifs is 3. The summed E-state index contributed by atoms with van der Waals surface area (Å²) in [7, 11) is 2.12. The van der Waals surface area contributed by atoms with E-state index in [1.807, 2.05) is 19.1 Å². The summed E-state index contributed by atoms with van der Waals surface area (Å²) in [5.74, 6) is -0.227. The molecule has 0 atom stereocenters. The molecule has 5 heteroatoms. The van der Waals surface area contributed by atoms with E-state index in [0.717, 1.165) is 41.5 Å². The smallest absolute Gasteiger partial charge is 0.123 e. The molecule has 4 rings (SSSR count). The highest BCUT2D eigenvalue weighted by Crippen LogP contribution is 2.39. The minimum atomic E-state index is -0.227. The van der Waals surface area contributed by atoms with Crippen LogP contribution in [-0.4, -0.2) is 23.1 Å². The number of allylic oxidation sites excluding steroid dienone is 1. The summed E-state index contributed by atoms with van der Waals surface area (Å²) in [4.78, 5) is 2.29. The minimum Gasteiger partial charge on any atom is -0.320 e. The Kier molecular flexibility index (Phi) is 4.55. The Morgan fingerprint density at radius 3 is 2.58 bits per heavy atom. The Labute approximate surface area is 162 Å². The zero-order valence-corrected chi connectivity index (χ0v) is 16.2. The van der Waals surface area contributed by atoms with Crippen LogP contribution in [0.15, 0.2) is 36.4 Å². The van der Waals surface area contributed by atoms with Crippen LogP contribution in [0.5, 0.6) is 0 Å². The lowest BCUT2D eigenvalue weighted by atomic mass is 10.0. The normalized spacial score (nSPS) is 15.5. The number of nitrogens with zero attached hydrogens (tertiary/aromatic N) is 2. The van der Waals surface area contributed by atoms with Crippen LogP contribution in [0.25, 0.3) is 22.7 Å². The van der Waals surface area contributed by atoms with E-state index in [0.29, 0.717) is 10.0 Å².